The summed E-state index contributed by atoms with van der Waals surface area (Å²) in [5.41, 5.74) is 2.06. The monoisotopic (exact) mass is 346 g/mol. The average Bonchev–Trinajstić information content (AvgIpc) is 3.20. The second kappa shape index (κ2) is 5.55. The molecular weight excluding hydrogens is 324 g/mol. The maximum atomic E-state index is 12.3. The summed E-state index contributed by atoms with van der Waals surface area (Å²) in [6, 6.07) is 1.85. The molecule has 2 aliphatic rings. The van der Waals surface area contributed by atoms with E-state index in [1.54, 1.807) is 15.8 Å². The van der Waals surface area contributed by atoms with Crippen LogP contribution in [0.5, 0.6) is 0 Å². The van der Waals surface area contributed by atoms with Crippen molar-refractivity contribution in [2.24, 2.45) is 7.05 Å². The molecule has 0 spiro atoms. The van der Waals surface area contributed by atoms with Gasteiger partial charge in [0.15, 0.2) is 0 Å². The van der Waals surface area contributed by atoms with Gasteiger partial charge in [0.2, 0.25) is 0 Å². The molecule has 9 nitrogen and oxygen atoms in total. The highest BCUT2D eigenvalue weighted by Gasteiger charge is 2.43. The van der Waals surface area contributed by atoms with Crippen LogP contribution >= 0.6 is 0 Å². The standard InChI is InChI=1S/C16H22N6O3/c1-16(2,3)25-15(23)21-7-11-13(8-21)24-9-12-14(18-19-22(11)12)10-5-6-17-20(10)4/h5-6,11,13H,7-9H2,1-4H3/t11-,13-/m1/s1. The van der Waals surface area contributed by atoms with Gasteiger partial charge in [0.05, 0.1) is 36.7 Å². The van der Waals surface area contributed by atoms with Crippen molar-refractivity contribution in [3.63, 3.8) is 0 Å². The number of carbonyl (C=O) groups excluding carboxylic acids is 1. The van der Waals surface area contributed by atoms with Crippen molar-refractivity contribution >= 4 is 6.09 Å². The molecule has 2 aromatic heterocycles. The number of hydrogen-bond donors (Lipinski definition) is 0. The van der Waals surface area contributed by atoms with Crippen LogP contribution in [0.3, 0.4) is 0 Å². The van der Waals surface area contributed by atoms with Crippen molar-refractivity contribution in [2.75, 3.05) is 13.1 Å². The molecule has 1 saturated heterocycles. The Hall–Kier alpha value is -2.42. The van der Waals surface area contributed by atoms with Gasteiger partial charge in [0, 0.05) is 19.8 Å². The summed E-state index contributed by atoms with van der Waals surface area (Å²) < 4.78 is 15.1. The van der Waals surface area contributed by atoms with Gasteiger partial charge in [-0.25, -0.2) is 9.48 Å². The summed E-state index contributed by atoms with van der Waals surface area (Å²) in [5, 5.41) is 12.8. The molecule has 134 valence electrons. The number of aromatic nitrogens is 5. The van der Waals surface area contributed by atoms with Gasteiger partial charge in [0.25, 0.3) is 0 Å². The van der Waals surface area contributed by atoms with E-state index < -0.39 is 5.60 Å². The van der Waals surface area contributed by atoms with E-state index in [0.717, 1.165) is 17.1 Å². The summed E-state index contributed by atoms with van der Waals surface area (Å²) in [7, 11) is 1.87. The number of likely N-dealkylation sites (tertiary alicyclic amines) is 1. The normalized spacial score (nSPS) is 22.6. The van der Waals surface area contributed by atoms with Crippen LogP contribution in [0.15, 0.2) is 12.3 Å². The highest BCUT2D eigenvalue weighted by atomic mass is 16.6. The number of carbonyl (C=O) groups is 1. The number of hydrogen-bond acceptors (Lipinski definition) is 6. The second-order valence-corrected chi connectivity index (χ2v) is 7.47. The molecule has 9 heteroatoms. The molecule has 0 unspecified atom stereocenters. The van der Waals surface area contributed by atoms with Gasteiger partial charge < -0.3 is 14.4 Å². The van der Waals surface area contributed by atoms with Crippen molar-refractivity contribution in [1.82, 2.24) is 29.7 Å². The lowest BCUT2D eigenvalue weighted by molar-refractivity contribution is -0.00719. The number of rotatable bonds is 1. The van der Waals surface area contributed by atoms with E-state index in [9.17, 15) is 4.79 Å². The fraction of sp³-hybridized carbons (Fsp3) is 0.625. The number of ether oxygens (including phenoxy) is 2. The maximum absolute atomic E-state index is 12.3. The molecule has 0 bridgehead atoms. The van der Waals surface area contributed by atoms with Crippen LogP contribution in [0.1, 0.15) is 32.5 Å². The van der Waals surface area contributed by atoms with Gasteiger partial charge in [-0.2, -0.15) is 5.10 Å². The van der Waals surface area contributed by atoms with Crippen LogP contribution in [0.25, 0.3) is 11.4 Å². The highest BCUT2D eigenvalue weighted by Crippen LogP contribution is 2.34. The van der Waals surface area contributed by atoms with Gasteiger partial charge in [-0.3, -0.25) is 4.68 Å². The quantitative estimate of drug-likeness (QED) is 0.775. The van der Waals surface area contributed by atoms with E-state index in [0.29, 0.717) is 19.7 Å². The Kier molecular flexibility index (Phi) is 3.57. The Morgan fingerprint density at radius 1 is 1.36 bits per heavy atom. The molecule has 4 heterocycles. The summed E-state index contributed by atoms with van der Waals surface area (Å²) in [6.07, 6.45) is 1.31. The molecule has 25 heavy (non-hydrogen) atoms. The van der Waals surface area contributed by atoms with Gasteiger partial charge in [-0.05, 0) is 26.8 Å². The molecule has 0 aliphatic carbocycles. The number of fused-ring (bicyclic) bond motifs is 3. The minimum atomic E-state index is -0.517. The third kappa shape index (κ3) is 2.78. The predicted molar refractivity (Wildman–Crippen MR) is 87.6 cm³/mol. The lowest BCUT2D eigenvalue weighted by atomic mass is 10.1. The molecule has 4 rings (SSSR count). The molecule has 0 aromatic carbocycles. The molecule has 0 N–H and O–H groups in total. The molecule has 2 aliphatic heterocycles. The first kappa shape index (κ1) is 16.1. The van der Waals surface area contributed by atoms with Gasteiger partial charge in [-0.1, -0.05) is 5.21 Å². The van der Waals surface area contributed by atoms with Crippen molar-refractivity contribution < 1.29 is 14.3 Å². The Morgan fingerprint density at radius 3 is 2.84 bits per heavy atom. The minimum Gasteiger partial charge on any atom is -0.444 e. The molecule has 0 saturated carbocycles. The Labute approximate surface area is 145 Å². The first-order valence-corrected chi connectivity index (χ1v) is 8.35. The lowest BCUT2D eigenvalue weighted by Crippen LogP contribution is -2.36. The van der Waals surface area contributed by atoms with Crippen LogP contribution in [-0.4, -0.2) is 60.6 Å². The zero-order valence-electron chi connectivity index (χ0n) is 14.8. The van der Waals surface area contributed by atoms with Gasteiger partial charge in [0.1, 0.15) is 11.3 Å². The summed E-state index contributed by atoms with van der Waals surface area (Å²) >= 11 is 0. The van der Waals surface area contributed by atoms with E-state index in [2.05, 4.69) is 15.4 Å². The molecule has 1 amide bonds. The Bertz CT molecular complexity index is 805. The number of amides is 1. The highest BCUT2D eigenvalue weighted by molar-refractivity contribution is 5.68. The molecule has 2 atom stereocenters. The van der Waals surface area contributed by atoms with E-state index in [-0.39, 0.29) is 18.2 Å². The van der Waals surface area contributed by atoms with Crippen molar-refractivity contribution in [2.45, 2.75) is 45.1 Å². The van der Waals surface area contributed by atoms with Gasteiger partial charge in [-0.15, -0.1) is 5.10 Å². The van der Waals surface area contributed by atoms with Crippen LogP contribution in [0, 0.1) is 0 Å². The van der Waals surface area contributed by atoms with Crippen LogP contribution in [-0.2, 0) is 23.1 Å². The van der Waals surface area contributed by atoms with E-state index in [4.69, 9.17) is 9.47 Å². The summed E-state index contributed by atoms with van der Waals surface area (Å²) in [6.45, 7) is 7.00. The maximum Gasteiger partial charge on any atom is 0.410 e. The van der Waals surface area contributed by atoms with Crippen LogP contribution < -0.4 is 0 Å². The first-order valence-electron chi connectivity index (χ1n) is 8.35. The Morgan fingerprint density at radius 2 is 2.16 bits per heavy atom. The topological polar surface area (TPSA) is 87.3 Å². The molecule has 1 fully saturated rings. The molecule has 2 aromatic rings. The average molecular weight is 346 g/mol. The van der Waals surface area contributed by atoms with E-state index >= 15 is 0 Å². The fourth-order valence-electron chi connectivity index (χ4n) is 3.34. The fourth-order valence-corrected chi connectivity index (χ4v) is 3.34. The summed E-state index contributed by atoms with van der Waals surface area (Å²) in [5.74, 6) is 0. The van der Waals surface area contributed by atoms with Crippen molar-refractivity contribution in [1.29, 1.82) is 0 Å². The zero-order chi connectivity index (χ0) is 17.8. The zero-order valence-corrected chi connectivity index (χ0v) is 14.8. The third-order valence-corrected chi connectivity index (χ3v) is 4.49. The second-order valence-electron chi connectivity index (χ2n) is 7.47. The van der Waals surface area contributed by atoms with Crippen molar-refractivity contribution in [3.8, 4) is 11.4 Å². The number of nitrogens with zero attached hydrogens (tertiary/aromatic N) is 6. The largest absolute Gasteiger partial charge is 0.444 e. The van der Waals surface area contributed by atoms with Crippen molar-refractivity contribution in [3.05, 3.63) is 18.0 Å². The molecular formula is C16H22N6O3. The minimum absolute atomic E-state index is 0.0502. The lowest BCUT2D eigenvalue weighted by Gasteiger charge is -2.25. The first-order chi connectivity index (χ1) is 11.8. The third-order valence-electron chi connectivity index (χ3n) is 4.49. The van der Waals surface area contributed by atoms with E-state index in [1.807, 2.05) is 38.6 Å². The smallest absolute Gasteiger partial charge is 0.410 e. The predicted octanol–water partition coefficient (Wildman–Crippen LogP) is 1.37. The van der Waals surface area contributed by atoms with E-state index in [1.165, 1.54) is 0 Å². The van der Waals surface area contributed by atoms with Crippen LogP contribution in [0.2, 0.25) is 0 Å². The Balaban J connectivity index is 1.58. The number of aryl methyl sites for hydroxylation is 1. The summed E-state index contributed by atoms with van der Waals surface area (Å²) in [4.78, 5) is 14.0. The molecule has 0 radical (unpaired) electrons. The SMILES string of the molecule is Cn1nccc1-c1nnn2c1CO[C@@H]1CN(C(=O)OC(C)(C)C)C[C@H]12. The van der Waals surface area contributed by atoms with Gasteiger partial charge >= 0.3 is 6.09 Å². The van der Waals surface area contributed by atoms with Crippen LogP contribution in [0.4, 0.5) is 4.79 Å².